The number of aromatic nitrogens is 5. The average Bonchev–Trinajstić information content (AvgIpc) is 3.27. The summed E-state index contributed by atoms with van der Waals surface area (Å²) in [6.07, 6.45) is 2.80. The van der Waals surface area contributed by atoms with Crippen LogP contribution in [0.25, 0.3) is 0 Å². The normalized spacial score (nSPS) is 10.6. The fraction of sp³-hybridized carbons (Fsp3) is 0.250. The minimum absolute atomic E-state index is 0.0508. The lowest BCUT2D eigenvalue weighted by atomic mass is 10.2. The number of hydrogen-bond acceptors (Lipinski definition) is 7. The van der Waals surface area contributed by atoms with Gasteiger partial charge in [0.1, 0.15) is 12.5 Å². The zero-order valence-corrected chi connectivity index (χ0v) is 14.5. The highest BCUT2D eigenvalue weighted by atomic mass is 16.6. The highest BCUT2D eigenvalue weighted by Gasteiger charge is 2.20. The van der Waals surface area contributed by atoms with Crippen molar-refractivity contribution in [1.29, 1.82) is 0 Å². The van der Waals surface area contributed by atoms with Crippen molar-refractivity contribution in [2.24, 2.45) is 0 Å². The Bertz CT molecular complexity index is 935. The Balaban J connectivity index is 1.53. The van der Waals surface area contributed by atoms with Crippen molar-refractivity contribution < 1.29 is 14.5 Å². The summed E-state index contributed by atoms with van der Waals surface area (Å²) in [6, 6.07) is 9.74. The quantitative estimate of drug-likeness (QED) is 0.469. The molecule has 2 aromatic heterocycles. The Kier molecular flexibility index (Phi) is 5.40. The topological polar surface area (TPSA) is 130 Å². The maximum absolute atomic E-state index is 12.0. The summed E-state index contributed by atoms with van der Waals surface area (Å²) in [6.45, 7) is 0.696. The second-order valence-electron chi connectivity index (χ2n) is 5.59. The van der Waals surface area contributed by atoms with E-state index in [0.717, 1.165) is 5.56 Å². The van der Waals surface area contributed by atoms with E-state index in [1.54, 1.807) is 4.68 Å². The third kappa shape index (κ3) is 4.66. The molecule has 0 bridgehead atoms. The van der Waals surface area contributed by atoms with Gasteiger partial charge in [-0.25, -0.2) is 9.67 Å². The number of carbonyl (C=O) groups excluding carboxylic acids is 1. The number of nitrogens with zero attached hydrogens (tertiary/aromatic N) is 6. The first-order valence-corrected chi connectivity index (χ1v) is 8.04. The van der Waals surface area contributed by atoms with Crippen LogP contribution in [-0.4, -0.2) is 42.5 Å². The average molecular weight is 371 g/mol. The predicted octanol–water partition coefficient (Wildman–Crippen LogP) is 1.47. The molecular weight excluding hydrogens is 354 g/mol. The third-order valence-corrected chi connectivity index (χ3v) is 3.64. The van der Waals surface area contributed by atoms with E-state index in [9.17, 15) is 14.9 Å². The lowest BCUT2D eigenvalue weighted by molar-refractivity contribution is -0.385. The smallest absolute Gasteiger partial charge is 0.350 e. The van der Waals surface area contributed by atoms with Crippen molar-refractivity contribution in [3.05, 3.63) is 58.5 Å². The number of nitro groups is 1. The van der Waals surface area contributed by atoms with Gasteiger partial charge >= 0.3 is 11.6 Å². The van der Waals surface area contributed by atoms with Gasteiger partial charge in [0.05, 0.1) is 25.1 Å². The first kappa shape index (κ1) is 18.0. The number of methoxy groups -OCH3 is 1. The number of amides is 1. The lowest BCUT2D eigenvalue weighted by Crippen LogP contribution is -2.16. The van der Waals surface area contributed by atoms with Crippen molar-refractivity contribution in [3.63, 3.8) is 0 Å². The van der Waals surface area contributed by atoms with Gasteiger partial charge in [0.25, 0.3) is 0 Å². The molecule has 0 saturated heterocycles. The molecule has 2 heterocycles. The Hall–Kier alpha value is -3.76. The van der Waals surface area contributed by atoms with Gasteiger partial charge in [-0.1, -0.05) is 30.3 Å². The van der Waals surface area contributed by atoms with Crippen LogP contribution in [0.15, 0.2) is 42.9 Å². The van der Waals surface area contributed by atoms with Crippen LogP contribution >= 0.6 is 0 Å². The summed E-state index contributed by atoms with van der Waals surface area (Å²) < 4.78 is 7.75. The molecular formula is C16H17N7O4. The zero-order chi connectivity index (χ0) is 19.2. The van der Waals surface area contributed by atoms with Gasteiger partial charge in [0, 0.05) is 6.42 Å². The molecule has 1 amide bonds. The van der Waals surface area contributed by atoms with Crippen LogP contribution in [0.4, 0.5) is 11.6 Å². The molecule has 0 saturated carbocycles. The molecule has 0 aliphatic carbocycles. The van der Waals surface area contributed by atoms with Crippen molar-refractivity contribution in [3.8, 4) is 5.88 Å². The van der Waals surface area contributed by atoms with Gasteiger partial charge in [-0.15, -0.1) is 10.2 Å². The molecule has 3 rings (SSSR count). The standard InChI is InChI=1S/C16H17N7O4/c1-27-15-13(23(25)26)10-21(19-15)8-7-14(24)18-16-17-11-22(20-16)9-12-5-3-2-4-6-12/h2-6,10-11H,7-9H2,1H3,(H,18,20,24). The van der Waals surface area contributed by atoms with E-state index >= 15 is 0 Å². The Morgan fingerprint density at radius 3 is 2.70 bits per heavy atom. The van der Waals surface area contributed by atoms with E-state index in [1.165, 1.54) is 24.3 Å². The van der Waals surface area contributed by atoms with E-state index in [1.807, 2.05) is 30.3 Å². The molecule has 0 aliphatic heterocycles. The molecule has 1 aromatic carbocycles. The van der Waals surface area contributed by atoms with Crippen LogP contribution in [0.5, 0.6) is 5.88 Å². The maximum Gasteiger partial charge on any atom is 0.350 e. The van der Waals surface area contributed by atoms with Crippen LogP contribution in [0, 0.1) is 10.1 Å². The van der Waals surface area contributed by atoms with E-state index in [2.05, 4.69) is 20.5 Å². The fourth-order valence-electron chi connectivity index (χ4n) is 2.38. The van der Waals surface area contributed by atoms with Crippen LogP contribution in [0.1, 0.15) is 12.0 Å². The SMILES string of the molecule is COc1nn(CCC(=O)Nc2ncn(Cc3ccccc3)n2)cc1[N+](=O)[O-]. The minimum Gasteiger partial charge on any atom is -0.475 e. The molecule has 3 aromatic rings. The summed E-state index contributed by atoms with van der Waals surface area (Å²) in [5.74, 6) is -0.230. The van der Waals surface area contributed by atoms with Crippen LogP contribution in [-0.2, 0) is 17.9 Å². The first-order chi connectivity index (χ1) is 13.0. The van der Waals surface area contributed by atoms with Crippen molar-refractivity contribution >= 4 is 17.5 Å². The first-order valence-electron chi connectivity index (χ1n) is 8.04. The highest BCUT2D eigenvalue weighted by molar-refractivity contribution is 5.88. The molecule has 0 unspecified atom stereocenters. The summed E-state index contributed by atoms with van der Waals surface area (Å²) >= 11 is 0. The molecule has 0 spiro atoms. The monoisotopic (exact) mass is 371 g/mol. The Morgan fingerprint density at radius 2 is 2.04 bits per heavy atom. The minimum atomic E-state index is -0.592. The van der Waals surface area contributed by atoms with Crippen molar-refractivity contribution in [2.75, 3.05) is 12.4 Å². The molecule has 140 valence electrons. The number of aryl methyl sites for hydroxylation is 1. The summed E-state index contributed by atoms with van der Waals surface area (Å²) in [4.78, 5) is 26.4. The summed E-state index contributed by atoms with van der Waals surface area (Å²) in [7, 11) is 1.30. The Morgan fingerprint density at radius 1 is 1.26 bits per heavy atom. The van der Waals surface area contributed by atoms with Crippen LogP contribution in [0.3, 0.4) is 0 Å². The number of hydrogen-bond donors (Lipinski definition) is 1. The number of ether oxygens (including phenoxy) is 1. The molecule has 27 heavy (non-hydrogen) atoms. The second-order valence-corrected chi connectivity index (χ2v) is 5.59. The largest absolute Gasteiger partial charge is 0.475 e. The highest BCUT2D eigenvalue weighted by Crippen LogP contribution is 2.23. The molecule has 0 aliphatic rings. The van der Waals surface area contributed by atoms with Gasteiger partial charge in [0.2, 0.25) is 11.9 Å². The summed E-state index contributed by atoms with van der Waals surface area (Å²) in [5.41, 5.74) is 0.814. The number of nitrogens with one attached hydrogen (secondary N) is 1. The molecule has 11 nitrogen and oxygen atoms in total. The van der Waals surface area contributed by atoms with Gasteiger partial charge in [-0.2, -0.15) is 0 Å². The number of anilines is 1. The molecule has 0 fully saturated rings. The van der Waals surface area contributed by atoms with E-state index in [-0.39, 0.29) is 36.4 Å². The molecule has 0 atom stereocenters. The Labute approximate surface area is 153 Å². The number of benzene rings is 1. The second kappa shape index (κ2) is 8.08. The van der Waals surface area contributed by atoms with Crippen molar-refractivity contribution in [1.82, 2.24) is 24.5 Å². The maximum atomic E-state index is 12.0. The third-order valence-electron chi connectivity index (χ3n) is 3.64. The van der Waals surface area contributed by atoms with Gasteiger partial charge < -0.3 is 4.74 Å². The van der Waals surface area contributed by atoms with Crippen LogP contribution in [0.2, 0.25) is 0 Å². The molecule has 11 heteroatoms. The number of carbonyl (C=O) groups is 1. The molecule has 1 N–H and O–H groups in total. The van der Waals surface area contributed by atoms with Crippen molar-refractivity contribution in [2.45, 2.75) is 19.5 Å². The van der Waals surface area contributed by atoms with Crippen LogP contribution < -0.4 is 10.1 Å². The lowest BCUT2D eigenvalue weighted by Gasteiger charge is -2.02. The number of rotatable bonds is 8. The van der Waals surface area contributed by atoms with E-state index < -0.39 is 4.92 Å². The van der Waals surface area contributed by atoms with E-state index in [4.69, 9.17) is 4.74 Å². The summed E-state index contributed by atoms with van der Waals surface area (Å²) in [5, 5.41) is 21.6. The van der Waals surface area contributed by atoms with Gasteiger partial charge in [0.15, 0.2) is 0 Å². The zero-order valence-electron chi connectivity index (χ0n) is 14.5. The molecule has 0 radical (unpaired) electrons. The fourth-order valence-corrected chi connectivity index (χ4v) is 2.38. The van der Waals surface area contributed by atoms with E-state index in [0.29, 0.717) is 6.54 Å². The predicted molar refractivity (Wildman–Crippen MR) is 94.2 cm³/mol. The van der Waals surface area contributed by atoms with Gasteiger partial charge in [-0.05, 0) is 5.56 Å². The van der Waals surface area contributed by atoms with Gasteiger partial charge in [-0.3, -0.25) is 24.9 Å².